The summed E-state index contributed by atoms with van der Waals surface area (Å²) in [6.07, 6.45) is -0.554. The summed E-state index contributed by atoms with van der Waals surface area (Å²) in [5.41, 5.74) is 7.43. The summed E-state index contributed by atoms with van der Waals surface area (Å²) in [6, 6.07) is 5.01. The molecular weight excluding hydrogens is 564 g/mol. The second-order valence-corrected chi connectivity index (χ2v) is 10.0. The molecule has 0 saturated carbocycles. The van der Waals surface area contributed by atoms with Crippen LogP contribution >= 0.6 is 0 Å². The van der Waals surface area contributed by atoms with Crippen molar-refractivity contribution in [2.75, 3.05) is 88.8 Å². The van der Waals surface area contributed by atoms with Gasteiger partial charge >= 0.3 is 0 Å². The minimum Gasteiger partial charge on any atom is -0.494 e. The molecule has 5 heterocycles. The van der Waals surface area contributed by atoms with E-state index in [0.29, 0.717) is 50.1 Å². The van der Waals surface area contributed by atoms with Crippen LogP contribution in [0.25, 0.3) is 28.5 Å². The average molecular weight is 598 g/mol. The molecule has 2 fully saturated rings. The summed E-state index contributed by atoms with van der Waals surface area (Å²) in [5, 5.41) is 3.24. The summed E-state index contributed by atoms with van der Waals surface area (Å²) in [6.45, 7) is 6.87. The lowest BCUT2D eigenvalue weighted by Gasteiger charge is -2.27. The average Bonchev–Trinajstić information content (AvgIpc) is 3.45. The number of alkyl halides is 2. The number of halogens is 2. The molecule has 0 amide bonds. The number of imidazole rings is 1. The van der Waals surface area contributed by atoms with Gasteiger partial charge in [0.05, 0.1) is 50.9 Å². The molecule has 0 bridgehead atoms. The highest BCUT2D eigenvalue weighted by atomic mass is 19.3. The molecular formula is C27H33F2N11O3. The smallest absolute Gasteiger partial charge is 0.296 e. The Labute approximate surface area is 246 Å². The van der Waals surface area contributed by atoms with Crippen LogP contribution in [0.4, 0.5) is 26.4 Å². The Morgan fingerprint density at radius 1 is 0.977 bits per heavy atom. The number of nitrogens with two attached hydrogens (primary N) is 1. The summed E-state index contributed by atoms with van der Waals surface area (Å²) in [7, 11) is 1.46. The van der Waals surface area contributed by atoms with E-state index in [9.17, 15) is 8.78 Å². The Hall–Kier alpha value is -4.28. The molecule has 4 aromatic rings. The van der Waals surface area contributed by atoms with Crippen molar-refractivity contribution in [2.45, 2.75) is 12.8 Å². The molecule has 0 unspecified atom stereocenters. The SMILES string of the molecule is COc1cccc2c1nc(C(F)F)n2-c1nc(-c2nc(NCCCN3CCOCC3)ncc2N)nc(N2CCOCC2)n1. The van der Waals surface area contributed by atoms with Gasteiger partial charge in [0.25, 0.3) is 6.43 Å². The quantitative estimate of drug-likeness (QED) is 0.257. The molecule has 0 radical (unpaired) electrons. The summed E-state index contributed by atoms with van der Waals surface area (Å²) in [5.74, 6) is 0.537. The molecule has 43 heavy (non-hydrogen) atoms. The number of aromatic nitrogens is 7. The van der Waals surface area contributed by atoms with Gasteiger partial charge in [-0.1, -0.05) is 6.07 Å². The fourth-order valence-electron chi connectivity index (χ4n) is 5.06. The van der Waals surface area contributed by atoms with Gasteiger partial charge in [-0.05, 0) is 25.1 Å². The van der Waals surface area contributed by atoms with Crippen molar-refractivity contribution in [3.8, 4) is 23.2 Å². The van der Waals surface area contributed by atoms with Crippen LogP contribution in [0.2, 0.25) is 0 Å². The number of para-hydroxylation sites is 1. The normalized spacial score (nSPS) is 16.2. The van der Waals surface area contributed by atoms with Crippen molar-refractivity contribution in [1.29, 1.82) is 0 Å². The predicted molar refractivity (Wildman–Crippen MR) is 155 cm³/mol. The topological polar surface area (TPSA) is 154 Å². The highest BCUT2D eigenvalue weighted by Crippen LogP contribution is 2.33. The molecule has 228 valence electrons. The first-order valence-electron chi connectivity index (χ1n) is 14.1. The van der Waals surface area contributed by atoms with Gasteiger partial charge in [-0.15, -0.1) is 0 Å². The van der Waals surface area contributed by atoms with Gasteiger partial charge in [-0.2, -0.15) is 15.0 Å². The van der Waals surface area contributed by atoms with Crippen LogP contribution in [-0.2, 0) is 9.47 Å². The molecule has 3 aromatic heterocycles. The van der Waals surface area contributed by atoms with Gasteiger partial charge in [0.1, 0.15) is 17.0 Å². The van der Waals surface area contributed by atoms with E-state index >= 15 is 0 Å². The molecule has 0 aliphatic carbocycles. The van der Waals surface area contributed by atoms with Gasteiger partial charge in [-0.3, -0.25) is 9.47 Å². The molecule has 6 rings (SSSR count). The van der Waals surface area contributed by atoms with E-state index in [0.717, 1.165) is 39.3 Å². The second-order valence-electron chi connectivity index (χ2n) is 10.0. The van der Waals surface area contributed by atoms with Gasteiger partial charge in [-0.25, -0.2) is 23.7 Å². The molecule has 2 aliphatic heterocycles. The highest BCUT2D eigenvalue weighted by molar-refractivity contribution is 5.84. The molecule has 1 aromatic carbocycles. The van der Waals surface area contributed by atoms with E-state index in [-0.39, 0.29) is 34.6 Å². The van der Waals surface area contributed by atoms with E-state index < -0.39 is 12.2 Å². The number of hydrogen-bond donors (Lipinski definition) is 2. The van der Waals surface area contributed by atoms with Crippen LogP contribution in [-0.4, -0.2) is 112 Å². The lowest BCUT2D eigenvalue weighted by Crippen LogP contribution is -2.37. The summed E-state index contributed by atoms with van der Waals surface area (Å²) < 4.78 is 46.2. The van der Waals surface area contributed by atoms with Crippen LogP contribution < -0.4 is 20.7 Å². The number of nitrogens with one attached hydrogen (secondary N) is 1. The lowest BCUT2D eigenvalue weighted by molar-refractivity contribution is 0.0378. The third-order valence-electron chi connectivity index (χ3n) is 7.26. The Balaban J connectivity index is 1.37. The van der Waals surface area contributed by atoms with Crippen LogP contribution in [0.3, 0.4) is 0 Å². The van der Waals surface area contributed by atoms with E-state index in [1.807, 2.05) is 4.90 Å². The molecule has 2 aliphatic rings. The number of rotatable bonds is 10. The molecule has 16 heteroatoms. The third kappa shape index (κ3) is 6.25. The van der Waals surface area contributed by atoms with E-state index in [2.05, 4.69) is 40.1 Å². The summed E-state index contributed by atoms with van der Waals surface area (Å²) in [4.78, 5) is 31.3. The van der Waals surface area contributed by atoms with Gasteiger partial charge in [0, 0.05) is 32.7 Å². The zero-order chi connectivity index (χ0) is 29.8. The number of benzene rings is 1. The molecule has 14 nitrogen and oxygen atoms in total. The van der Waals surface area contributed by atoms with Crippen molar-refractivity contribution in [1.82, 2.24) is 39.4 Å². The standard InChI is InChI=1S/C27H33F2N11O3/c1-41-19-5-2-4-18-21(19)33-24(22(28)29)40(18)27-36-23(35-26(37-27)39-10-14-43-15-11-39)20-17(30)16-32-25(34-20)31-6-3-7-38-8-12-42-13-9-38/h2,4-5,16,22H,3,6-15,30H2,1H3,(H,31,32,34). The predicted octanol–water partition coefficient (Wildman–Crippen LogP) is 2.17. The minimum atomic E-state index is -2.92. The van der Waals surface area contributed by atoms with Gasteiger partial charge in [0.15, 0.2) is 11.6 Å². The number of fused-ring (bicyclic) bond motifs is 1. The minimum absolute atomic E-state index is 0.0458. The zero-order valence-electron chi connectivity index (χ0n) is 23.7. The van der Waals surface area contributed by atoms with Crippen molar-refractivity contribution in [3.05, 3.63) is 30.2 Å². The molecule has 0 spiro atoms. The van der Waals surface area contributed by atoms with Crippen LogP contribution in [0.5, 0.6) is 5.75 Å². The van der Waals surface area contributed by atoms with Crippen molar-refractivity contribution >= 4 is 28.6 Å². The Morgan fingerprint density at radius 2 is 1.72 bits per heavy atom. The number of morpholine rings is 2. The monoisotopic (exact) mass is 597 g/mol. The van der Waals surface area contributed by atoms with Crippen molar-refractivity contribution in [3.63, 3.8) is 0 Å². The van der Waals surface area contributed by atoms with Crippen molar-refractivity contribution in [2.24, 2.45) is 0 Å². The Kier molecular flexibility index (Phi) is 8.67. The number of methoxy groups -OCH3 is 1. The number of anilines is 3. The Morgan fingerprint density at radius 3 is 2.47 bits per heavy atom. The highest BCUT2D eigenvalue weighted by Gasteiger charge is 2.26. The number of ether oxygens (including phenoxy) is 3. The first-order valence-corrected chi connectivity index (χ1v) is 14.1. The van der Waals surface area contributed by atoms with E-state index in [1.54, 1.807) is 18.2 Å². The molecule has 3 N–H and O–H groups in total. The maximum atomic E-state index is 14.4. The lowest BCUT2D eigenvalue weighted by atomic mass is 10.3. The second kappa shape index (κ2) is 12.9. The maximum Gasteiger partial charge on any atom is 0.296 e. The largest absolute Gasteiger partial charge is 0.494 e. The van der Waals surface area contributed by atoms with Gasteiger partial charge < -0.3 is 30.2 Å². The zero-order valence-corrected chi connectivity index (χ0v) is 23.7. The van der Waals surface area contributed by atoms with Crippen molar-refractivity contribution < 1.29 is 23.0 Å². The van der Waals surface area contributed by atoms with E-state index in [4.69, 9.17) is 19.9 Å². The fourth-order valence-corrected chi connectivity index (χ4v) is 5.06. The number of hydrogen-bond acceptors (Lipinski definition) is 13. The fraction of sp³-hybridized carbons (Fsp3) is 0.481. The Bertz CT molecular complexity index is 1560. The number of nitrogens with zero attached hydrogens (tertiary/aromatic N) is 9. The maximum absolute atomic E-state index is 14.4. The first kappa shape index (κ1) is 28.8. The van der Waals surface area contributed by atoms with E-state index in [1.165, 1.54) is 17.9 Å². The first-order chi connectivity index (χ1) is 21.0. The summed E-state index contributed by atoms with van der Waals surface area (Å²) >= 11 is 0. The van der Waals surface area contributed by atoms with Crippen LogP contribution in [0, 0.1) is 0 Å². The van der Waals surface area contributed by atoms with Crippen LogP contribution in [0.15, 0.2) is 24.4 Å². The van der Waals surface area contributed by atoms with Crippen LogP contribution in [0.1, 0.15) is 18.7 Å². The number of nitrogen functional groups attached to an aromatic ring is 1. The van der Waals surface area contributed by atoms with Gasteiger partial charge in [0.2, 0.25) is 17.8 Å². The third-order valence-corrected chi connectivity index (χ3v) is 7.26. The molecule has 2 saturated heterocycles. The molecule has 0 atom stereocenters.